The fourth-order valence-corrected chi connectivity index (χ4v) is 5.86. The normalized spacial score (nSPS) is 14.2. The zero-order valence-corrected chi connectivity index (χ0v) is 21.9. The summed E-state index contributed by atoms with van der Waals surface area (Å²) < 4.78 is 45.5. The molecule has 0 saturated heterocycles. The molecule has 4 rings (SSSR count). The summed E-state index contributed by atoms with van der Waals surface area (Å²) in [5.41, 5.74) is 1.69. The minimum Gasteiger partial charge on any atom is -0.454 e. The second-order valence-corrected chi connectivity index (χ2v) is 11.4. The Bertz CT molecular complexity index is 1390. The summed E-state index contributed by atoms with van der Waals surface area (Å²) in [5.74, 6) is -1.28. The molecule has 0 spiro atoms. The quantitative estimate of drug-likeness (QED) is 0.243. The highest BCUT2D eigenvalue weighted by Crippen LogP contribution is 2.32. The van der Waals surface area contributed by atoms with E-state index in [2.05, 4.69) is 0 Å². The van der Waals surface area contributed by atoms with Crippen LogP contribution in [-0.4, -0.2) is 33.8 Å². The number of benzene rings is 3. The molecule has 9 heteroatoms. The fourth-order valence-electron chi connectivity index (χ4n) is 4.44. The van der Waals surface area contributed by atoms with Crippen molar-refractivity contribution in [2.24, 2.45) is 0 Å². The van der Waals surface area contributed by atoms with Crippen LogP contribution in [0.25, 0.3) is 0 Å². The van der Waals surface area contributed by atoms with Gasteiger partial charge in [-0.1, -0.05) is 55.1 Å². The van der Waals surface area contributed by atoms with Gasteiger partial charge in [-0.25, -0.2) is 17.6 Å². The average Bonchev–Trinajstić information content (AvgIpc) is 2.92. The van der Waals surface area contributed by atoms with E-state index in [4.69, 9.17) is 16.3 Å². The lowest BCUT2D eigenvalue weighted by atomic mass is 9.84. The number of rotatable bonds is 8. The molecule has 0 heterocycles. The van der Waals surface area contributed by atoms with Crippen LogP contribution in [0.15, 0.2) is 71.6 Å². The van der Waals surface area contributed by atoms with E-state index in [1.807, 2.05) is 12.1 Å². The molecule has 37 heavy (non-hydrogen) atoms. The van der Waals surface area contributed by atoms with Gasteiger partial charge < -0.3 is 4.74 Å². The minimum absolute atomic E-state index is 0.0160. The third kappa shape index (κ3) is 6.19. The first-order valence-corrected chi connectivity index (χ1v) is 13.8. The summed E-state index contributed by atoms with van der Waals surface area (Å²) in [5, 5.41) is -0.0160. The van der Waals surface area contributed by atoms with E-state index in [9.17, 15) is 22.4 Å². The van der Waals surface area contributed by atoms with Crippen LogP contribution >= 0.6 is 11.6 Å². The Morgan fingerprint density at radius 2 is 1.62 bits per heavy atom. The van der Waals surface area contributed by atoms with E-state index in [-0.39, 0.29) is 27.0 Å². The van der Waals surface area contributed by atoms with Crippen LogP contribution in [0.2, 0.25) is 5.02 Å². The summed E-state index contributed by atoms with van der Waals surface area (Å²) >= 11 is 6.14. The number of sulfonamides is 1. The van der Waals surface area contributed by atoms with E-state index in [0.717, 1.165) is 35.3 Å². The molecule has 0 radical (unpaired) electrons. The topological polar surface area (TPSA) is 80.8 Å². The lowest BCUT2D eigenvalue weighted by Gasteiger charge is -2.22. The Balaban J connectivity index is 1.44. The summed E-state index contributed by atoms with van der Waals surface area (Å²) in [4.78, 5) is 25.1. The van der Waals surface area contributed by atoms with E-state index >= 15 is 0 Å². The number of anilines is 1. The molecule has 0 N–H and O–H groups in total. The third-order valence-electron chi connectivity index (χ3n) is 6.65. The Labute approximate surface area is 221 Å². The molecule has 0 atom stereocenters. The van der Waals surface area contributed by atoms with Gasteiger partial charge in [-0.15, -0.1) is 0 Å². The maximum Gasteiger partial charge on any atom is 0.340 e. The highest BCUT2D eigenvalue weighted by atomic mass is 35.5. The number of hydrogen-bond acceptors (Lipinski definition) is 5. The van der Waals surface area contributed by atoms with Crippen molar-refractivity contribution in [3.05, 3.63) is 94.3 Å². The molecular formula is C28H27ClFNO5S. The zero-order chi connectivity index (χ0) is 26.6. The first kappa shape index (κ1) is 26.8. The van der Waals surface area contributed by atoms with Crippen molar-refractivity contribution < 1.29 is 27.1 Å². The van der Waals surface area contributed by atoms with Gasteiger partial charge in [0.15, 0.2) is 12.4 Å². The predicted molar refractivity (Wildman–Crippen MR) is 140 cm³/mol. The number of hydrogen-bond donors (Lipinski definition) is 0. The van der Waals surface area contributed by atoms with Gasteiger partial charge in [-0.2, -0.15) is 0 Å². The van der Waals surface area contributed by atoms with Gasteiger partial charge in [0, 0.05) is 12.6 Å². The highest BCUT2D eigenvalue weighted by Gasteiger charge is 2.25. The Hall–Kier alpha value is -3.23. The third-order valence-corrected chi connectivity index (χ3v) is 8.76. The fraction of sp³-hybridized carbons (Fsp3) is 0.286. The Kier molecular flexibility index (Phi) is 8.29. The molecule has 0 unspecified atom stereocenters. The van der Waals surface area contributed by atoms with Crippen LogP contribution in [0.5, 0.6) is 0 Å². The van der Waals surface area contributed by atoms with Crippen LogP contribution in [0.1, 0.15) is 64.3 Å². The van der Waals surface area contributed by atoms with Crippen LogP contribution in [-0.2, 0) is 14.8 Å². The van der Waals surface area contributed by atoms with Gasteiger partial charge in [0.1, 0.15) is 5.82 Å². The molecule has 6 nitrogen and oxygen atoms in total. The molecule has 3 aromatic rings. The largest absolute Gasteiger partial charge is 0.454 e. The number of ketones is 1. The first-order valence-electron chi connectivity index (χ1n) is 12.0. The Morgan fingerprint density at radius 3 is 2.27 bits per heavy atom. The summed E-state index contributed by atoms with van der Waals surface area (Å²) in [6.45, 7) is -0.510. The van der Waals surface area contributed by atoms with Gasteiger partial charge in [0.2, 0.25) is 0 Å². The van der Waals surface area contributed by atoms with Crippen molar-refractivity contribution >= 4 is 39.1 Å². The summed E-state index contributed by atoms with van der Waals surface area (Å²) in [6, 6.07) is 16.0. The van der Waals surface area contributed by atoms with E-state index in [1.54, 1.807) is 12.1 Å². The molecule has 1 fully saturated rings. The van der Waals surface area contributed by atoms with Gasteiger partial charge in [-0.3, -0.25) is 9.10 Å². The van der Waals surface area contributed by atoms with Gasteiger partial charge in [-0.05, 0) is 66.8 Å². The zero-order valence-electron chi connectivity index (χ0n) is 20.3. The molecular weight excluding hydrogens is 517 g/mol. The first-order chi connectivity index (χ1) is 17.7. The van der Waals surface area contributed by atoms with Crippen molar-refractivity contribution in [1.29, 1.82) is 0 Å². The standard InChI is InChI=1S/C28H27ClFNO5S/c1-31(23-13-11-22(30)12-14-23)37(34,35)24-15-16-26(29)25(17-24)28(33)36-18-27(32)21-9-7-20(8-10-21)19-5-3-2-4-6-19/h7-17,19H,2-6,18H2,1H3. The predicted octanol–water partition coefficient (Wildman–Crippen LogP) is 6.39. The molecule has 1 aliphatic carbocycles. The van der Waals surface area contributed by atoms with Crippen molar-refractivity contribution in [2.75, 3.05) is 18.0 Å². The number of carbonyl (C=O) groups excluding carboxylic acids is 2. The molecule has 194 valence electrons. The maximum absolute atomic E-state index is 13.2. The van der Waals surface area contributed by atoms with E-state index in [0.29, 0.717) is 11.5 Å². The number of carbonyl (C=O) groups is 2. The summed E-state index contributed by atoms with van der Waals surface area (Å²) in [6.07, 6.45) is 6.01. The van der Waals surface area contributed by atoms with Crippen LogP contribution in [0.3, 0.4) is 0 Å². The number of ether oxygens (including phenoxy) is 1. The molecule has 0 aromatic heterocycles. The lowest BCUT2D eigenvalue weighted by molar-refractivity contribution is 0.0474. The number of esters is 1. The number of Topliss-reactive ketones (excluding diaryl/α,β-unsaturated/α-hetero) is 1. The van der Waals surface area contributed by atoms with Crippen molar-refractivity contribution in [2.45, 2.75) is 42.9 Å². The lowest BCUT2D eigenvalue weighted by Crippen LogP contribution is -2.26. The van der Waals surface area contributed by atoms with Crippen LogP contribution in [0.4, 0.5) is 10.1 Å². The van der Waals surface area contributed by atoms with Crippen molar-refractivity contribution in [1.82, 2.24) is 0 Å². The second-order valence-electron chi connectivity index (χ2n) is 9.05. The van der Waals surface area contributed by atoms with Gasteiger partial charge in [0.05, 0.1) is 21.2 Å². The highest BCUT2D eigenvalue weighted by molar-refractivity contribution is 7.92. The molecule has 0 bridgehead atoms. The van der Waals surface area contributed by atoms with Crippen molar-refractivity contribution in [3.8, 4) is 0 Å². The Morgan fingerprint density at radius 1 is 0.973 bits per heavy atom. The van der Waals surface area contributed by atoms with Crippen molar-refractivity contribution in [3.63, 3.8) is 0 Å². The van der Waals surface area contributed by atoms with E-state index in [1.165, 1.54) is 56.1 Å². The average molecular weight is 544 g/mol. The van der Waals surface area contributed by atoms with Gasteiger partial charge in [0.25, 0.3) is 10.0 Å². The van der Waals surface area contributed by atoms with Crippen LogP contribution in [0, 0.1) is 5.82 Å². The summed E-state index contributed by atoms with van der Waals surface area (Å²) in [7, 11) is -2.78. The van der Waals surface area contributed by atoms with E-state index < -0.39 is 28.4 Å². The maximum atomic E-state index is 13.2. The monoisotopic (exact) mass is 543 g/mol. The molecule has 1 aliphatic rings. The molecule has 0 amide bonds. The van der Waals surface area contributed by atoms with Crippen LogP contribution < -0.4 is 4.31 Å². The minimum atomic E-state index is -4.09. The smallest absolute Gasteiger partial charge is 0.340 e. The number of nitrogens with zero attached hydrogens (tertiary/aromatic N) is 1. The van der Waals surface area contributed by atoms with Gasteiger partial charge >= 0.3 is 5.97 Å². The second kappa shape index (κ2) is 11.4. The molecule has 0 aliphatic heterocycles. The SMILES string of the molecule is CN(c1ccc(F)cc1)S(=O)(=O)c1ccc(Cl)c(C(=O)OCC(=O)c2ccc(C3CCCCC3)cc2)c1. The molecule has 1 saturated carbocycles. The number of halogens is 2. The molecule has 3 aromatic carbocycles.